The van der Waals surface area contributed by atoms with Crippen molar-refractivity contribution in [2.24, 2.45) is 0 Å². The number of aromatic nitrogens is 1. The molecule has 0 atom stereocenters. The van der Waals surface area contributed by atoms with E-state index in [0.29, 0.717) is 12.3 Å². The molecule has 1 aromatic heterocycles. The molecule has 19 heavy (non-hydrogen) atoms. The fraction of sp³-hybridized carbons (Fsp3) is 0.286. The zero-order valence-corrected chi connectivity index (χ0v) is 10.9. The number of benzene rings is 1. The third kappa shape index (κ3) is 2.93. The van der Waals surface area contributed by atoms with Gasteiger partial charge in [0.15, 0.2) is 5.69 Å². The molecule has 2 aromatic rings. The minimum Gasteiger partial charge on any atom is -0.464 e. The van der Waals surface area contributed by atoms with E-state index in [2.05, 4.69) is 4.98 Å². The molecular formula is C14H15NO4. The van der Waals surface area contributed by atoms with Crippen molar-refractivity contribution in [2.75, 3.05) is 13.2 Å². The number of rotatable bonds is 5. The van der Waals surface area contributed by atoms with Gasteiger partial charge < -0.3 is 13.9 Å². The molecule has 0 bridgehead atoms. The molecule has 1 heterocycles. The van der Waals surface area contributed by atoms with E-state index in [-0.39, 0.29) is 18.4 Å². The second-order valence-corrected chi connectivity index (χ2v) is 3.67. The summed E-state index contributed by atoms with van der Waals surface area (Å²) in [6.07, 6.45) is 0. The summed E-state index contributed by atoms with van der Waals surface area (Å²) in [5, 5.41) is 0. The number of oxazole rings is 1. The molecule has 0 saturated carbocycles. The van der Waals surface area contributed by atoms with Gasteiger partial charge in [-0.3, -0.25) is 0 Å². The van der Waals surface area contributed by atoms with Crippen LogP contribution in [0.1, 0.15) is 24.5 Å². The van der Waals surface area contributed by atoms with Crippen LogP contribution in [0.15, 0.2) is 34.7 Å². The molecule has 0 aliphatic carbocycles. The minimum atomic E-state index is -0.592. The third-order valence-corrected chi connectivity index (χ3v) is 2.37. The van der Waals surface area contributed by atoms with Crippen molar-refractivity contribution in [3.05, 3.63) is 36.2 Å². The second kappa shape index (κ2) is 6.04. The first-order valence-electron chi connectivity index (χ1n) is 6.12. The lowest BCUT2D eigenvalue weighted by Gasteiger charge is -2.00. The van der Waals surface area contributed by atoms with Crippen molar-refractivity contribution in [1.82, 2.24) is 4.98 Å². The summed E-state index contributed by atoms with van der Waals surface area (Å²) in [7, 11) is 0. The maximum absolute atomic E-state index is 11.6. The first kappa shape index (κ1) is 13.1. The number of hydrogen-bond donors (Lipinski definition) is 0. The van der Waals surface area contributed by atoms with Crippen LogP contribution < -0.4 is 4.74 Å². The Morgan fingerprint density at radius 3 is 2.58 bits per heavy atom. The zero-order chi connectivity index (χ0) is 13.7. The van der Waals surface area contributed by atoms with E-state index >= 15 is 0 Å². The standard InChI is InChI=1S/C14H15NO4/c1-3-17-13(16)12-15-11(14(19-12)18-4-2)10-8-6-5-7-9-10/h5-9H,3-4H2,1-2H3. The van der Waals surface area contributed by atoms with E-state index in [1.54, 1.807) is 6.92 Å². The molecule has 100 valence electrons. The Bertz CT molecular complexity index is 548. The summed E-state index contributed by atoms with van der Waals surface area (Å²) < 4.78 is 15.5. The van der Waals surface area contributed by atoms with Gasteiger partial charge in [0, 0.05) is 5.56 Å². The van der Waals surface area contributed by atoms with Gasteiger partial charge >= 0.3 is 17.8 Å². The van der Waals surface area contributed by atoms with Gasteiger partial charge in [-0.2, -0.15) is 4.98 Å². The van der Waals surface area contributed by atoms with Gasteiger partial charge in [0.2, 0.25) is 0 Å². The Kier molecular flexibility index (Phi) is 4.18. The number of hydrogen-bond acceptors (Lipinski definition) is 5. The lowest BCUT2D eigenvalue weighted by molar-refractivity contribution is 0.0473. The van der Waals surface area contributed by atoms with Gasteiger partial charge in [0.05, 0.1) is 13.2 Å². The molecule has 0 aliphatic heterocycles. The number of carbonyl (C=O) groups excluding carboxylic acids is 1. The third-order valence-electron chi connectivity index (χ3n) is 2.37. The summed E-state index contributed by atoms with van der Waals surface area (Å²) in [6.45, 7) is 4.26. The first-order valence-corrected chi connectivity index (χ1v) is 6.12. The van der Waals surface area contributed by atoms with Gasteiger partial charge in [0.1, 0.15) is 0 Å². The molecule has 1 aromatic carbocycles. The highest BCUT2D eigenvalue weighted by Gasteiger charge is 2.21. The number of nitrogens with zero attached hydrogens (tertiary/aromatic N) is 1. The molecule has 0 aliphatic rings. The van der Waals surface area contributed by atoms with Crippen molar-refractivity contribution in [1.29, 1.82) is 0 Å². The highest BCUT2D eigenvalue weighted by molar-refractivity contribution is 5.85. The van der Waals surface area contributed by atoms with Crippen LogP contribution in [0.25, 0.3) is 11.3 Å². The van der Waals surface area contributed by atoms with Crippen LogP contribution in [0, 0.1) is 0 Å². The number of carbonyl (C=O) groups is 1. The Hall–Kier alpha value is -2.30. The van der Waals surface area contributed by atoms with E-state index < -0.39 is 5.97 Å². The van der Waals surface area contributed by atoms with Crippen LogP contribution in [0.4, 0.5) is 0 Å². The van der Waals surface area contributed by atoms with Crippen molar-refractivity contribution in [2.45, 2.75) is 13.8 Å². The summed E-state index contributed by atoms with van der Waals surface area (Å²) in [6, 6.07) is 9.40. The second-order valence-electron chi connectivity index (χ2n) is 3.67. The molecule has 5 heteroatoms. The molecule has 0 amide bonds. The van der Waals surface area contributed by atoms with Crippen LogP contribution in [0.3, 0.4) is 0 Å². The lowest BCUT2D eigenvalue weighted by atomic mass is 10.2. The Labute approximate surface area is 111 Å². The molecule has 0 N–H and O–H groups in total. The molecule has 2 rings (SSSR count). The predicted octanol–water partition coefficient (Wildman–Crippen LogP) is 2.92. The molecule has 0 radical (unpaired) electrons. The van der Waals surface area contributed by atoms with Crippen LogP contribution in [0.5, 0.6) is 5.95 Å². The topological polar surface area (TPSA) is 61.6 Å². The summed E-state index contributed by atoms with van der Waals surface area (Å²) in [5.41, 5.74) is 1.33. The molecule has 5 nitrogen and oxygen atoms in total. The average molecular weight is 261 g/mol. The summed E-state index contributed by atoms with van der Waals surface area (Å²) in [4.78, 5) is 15.8. The summed E-state index contributed by atoms with van der Waals surface area (Å²) in [5.74, 6) is -0.452. The lowest BCUT2D eigenvalue weighted by Crippen LogP contribution is -2.04. The highest BCUT2D eigenvalue weighted by atomic mass is 16.6. The molecule has 0 spiro atoms. The SMILES string of the molecule is CCOC(=O)c1nc(-c2ccccc2)c(OCC)o1. The van der Waals surface area contributed by atoms with Gasteiger partial charge in [-0.15, -0.1) is 0 Å². The van der Waals surface area contributed by atoms with Crippen LogP contribution in [0.2, 0.25) is 0 Å². The largest absolute Gasteiger partial charge is 0.464 e. The van der Waals surface area contributed by atoms with E-state index in [1.165, 1.54) is 0 Å². The molecular weight excluding hydrogens is 246 g/mol. The quantitative estimate of drug-likeness (QED) is 0.774. The summed E-state index contributed by atoms with van der Waals surface area (Å²) >= 11 is 0. The molecule has 0 saturated heterocycles. The van der Waals surface area contributed by atoms with Crippen molar-refractivity contribution in [3.8, 4) is 17.2 Å². The highest BCUT2D eigenvalue weighted by Crippen LogP contribution is 2.30. The fourth-order valence-electron chi connectivity index (χ4n) is 1.59. The molecule has 0 unspecified atom stereocenters. The number of esters is 1. The van der Waals surface area contributed by atoms with Gasteiger partial charge in [-0.25, -0.2) is 4.79 Å². The van der Waals surface area contributed by atoms with E-state index in [4.69, 9.17) is 13.9 Å². The smallest absolute Gasteiger partial charge is 0.394 e. The van der Waals surface area contributed by atoms with Crippen LogP contribution in [-0.2, 0) is 4.74 Å². The van der Waals surface area contributed by atoms with Gasteiger partial charge in [-0.1, -0.05) is 30.3 Å². The maximum Gasteiger partial charge on any atom is 0.394 e. The van der Waals surface area contributed by atoms with Crippen molar-refractivity contribution in [3.63, 3.8) is 0 Å². The average Bonchev–Trinajstić information content (AvgIpc) is 2.85. The number of ether oxygens (including phenoxy) is 2. The van der Waals surface area contributed by atoms with Crippen molar-refractivity contribution >= 4 is 5.97 Å². The van der Waals surface area contributed by atoms with Crippen molar-refractivity contribution < 1.29 is 18.7 Å². The Balaban J connectivity index is 2.39. The van der Waals surface area contributed by atoms with Gasteiger partial charge in [0.25, 0.3) is 0 Å². The predicted molar refractivity (Wildman–Crippen MR) is 69.1 cm³/mol. The van der Waals surface area contributed by atoms with E-state index in [9.17, 15) is 4.79 Å². The van der Waals surface area contributed by atoms with E-state index in [1.807, 2.05) is 37.3 Å². The first-order chi connectivity index (χ1) is 9.26. The monoisotopic (exact) mass is 261 g/mol. The Morgan fingerprint density at radius 2 is 1.95 bits per heavy atom. The molecule has 0 fully saturated rings. The Morgan fingerprint density at radius 1 is 1.21 bits per heavy atom. The van der Waals surface area contributed by atoms with Crippen LogP contribution >= 0.6 is 0 Å². The van der Waals surface area contributed by atoms with Gasteiger partial charge in [-0.05, 0) is 13.8 Å². The van der Waals surface area contributed by atoms with Crippen LogP contribution in [-0.4, -0.2) is 24.2 Å². The normalized spacial score (nSPS) is 10.2. The zero-order valence-electron chi connectivity index (χ0n) is 10.9. The maximum atomic E-state index is 11.6. The van der Waals surface area contributed by atoms with E-state index in [0.717, 1.165) is 5.56 Å². The minimum absolute atomic E-state index is 0.0934. The fourth-order valence-corrected chi connectivity index (χ4v) is 1.59.